The number of rotatable bonds is 5. The van der Waals surface area contributed by atoms with E-state index in [2.05, 4.69) is 30.2 Å². The fraction of sp³-hybridized carbons (Fsp3) is 0.333. The van der Waals surface area contributed by atoms with Gasteiger partial charge in [-0.2, -0.15) is 5.26 Å². The monoisotopic (exact) mass is 316 g/mol. The maximum absolute atomic E-state index is 11.2. The number of hydrogen-bond acceptors (Lipinski definition) is 6. The average Bonchev–Trinajstić information content (AvgIpc) is 2.87. The number of nitrogens with one attached hydrogen (secondary N) is 1. The number of nitro groups is 1. The van der Waals surface area contributed by atoms with E-state index in [0.29, 0.717) is 0 Å². The Morgan fingerprint density at radius 2 is 2.32 bits per heavy atom. The Balaban J connectivity index is 2.34. The van der Waals surface area contributed by atoms with Gasteiger partial charge in [0.25, 0.3) is 0 Å². The number of hydrogen-bond donors (Lipinski definition) is 1. The maximum Gasteiger partial charge on any atom is 0.328 e. The molecule has 0 saturated carbocycles. The average molecular weight is 316 g/mol. The van der Waals surface area contributed by atoms with E-state index < -0.39 is 4.92 Å². The number of anilines is 1. The Hall–Kier alpha value is -2.46. The van der Waals surface area contributed by atoms with Gasteiger partial charge in [-0.25, -0.2) is 4.98 Å². The highest BCUT2D eigenvalue weighted by atomic mass is 32.1. The highest BCUT2D eigenvalue weighted by molar-refractivity contribution is 7.12. The Morgan fingerprint density at radius 1 is 1.59 bits per heavy atom. The molecule has 1 unspecified atom stereocenters. The summed E-state index contributed by atoms with van der Waals surface area (Å²) in [5.41, 5.74) is 0.955. The summed E-state index contributed by atoms with van der Waals surface area (Å²) in [6.45, 7) is 6.08. The van der Waals surface area contributed by atoms with Crippen LogP contribution in [-0.4, -0.2) is 9.91 Å². The summed E-state index contributed by atoms with van der Waals surface area (Å²) < 4.78 is 0. The Bertz CT molecular complexity index is 748. The number of aryl methyl sites for hydroxylation is 2. The first-order valence-electron chi connectivity index (χ1n) is 6.87. The van der Waals surface area contributed by atoms with Gasteiger partial charge < -0.3 is 5.32 Å². The maximum atomic E-state index is 11.2. The van der Waals surface area contributed by atoms with Crippen LogP contribution in [0.1, 0.15) is 40.8 Å². The SMILES string of the molecule is CCc1sc(C(C)Nc2nccc(C#N)c2[N+](=O)[O-])cc1C. The molecule has 6 nitrogen and oxygen atoms in total. The molecular formula is C15H16N4O2S. The molecule has 0 radical (unpaired) electrons. The van der Waals surface area contributed by atoms with Gasteiger partial charge in [-0.05, 0) is 38.0 Å². The molecule has 1 N–H and O–H groups in total. The fourth-order valence-electron chi connectivity index (χ4n) is 2.22. The first-order valence-corrected chi connectivity index (χ1v) is 7.68. The summed E-state index contributed by atoms with van der Waals surface area (Å²) in [5.74, 6) is 0.126. The fourth-order valence-corrected chi connectivity index (χ4v) is 3.34. The summed E-state index contributed by atoms with van der Waals surface area (Å²) in [6, 6.07) is 5.14. The smallest absolute Gasteiger partial charge is 0.328 e. The van der Waals surface area contributed by atoms with Crippen molar-refractivity contribution < 1.29 is 4.92 Å². The minimum atomic E-state index is -0.572. The van der Waals surface area contributed by atoms with Gasteiger partial charge in [0.05, 0.1) is 11.0 Å². The molecule has 2 aromatic heterocycles. The summed E-state index contributed by atoms with van der Waals surface area (Å²) in [4.78, 5) is 17.0. The van der Waals surface area contributed by atoms with Crippen molar-refractivity contribution >= 4 is 22.8 Å². The molecule has 0 aromatic carbocycles. The first-order chi connectivity index (χ1) is 10.5. The van der Waals surface area contributed by atoms with Gasteiger partial charge in [0.15, 0.2) is 0 Å². The van der Waals surface area contributed by atoms with Crippen LogP contribution >= 0.6 is 11.3 Å². The number of pyridine rings is 1. The van der Waals surface area contributed by atoms with Crippen LogP contribution in [0, 0.1) is 28.4 Å². The van der Waals surface area contributed by atoms with E-state index in [1.165, 1.54) is 22.7 Å². The molecular weight excluding hydrogens is 300 g/mol. The molecule has 0 saturated heterocycles. The largest absolute Gasteiger partial charge is 0.357 e. The van der Waals surface area contributed by atoms with E-state index in [4.69, 9.17) is 5.26 Å². The zero-order chi connectivity index (χ0) is 16.3. The van der Waals surface area contributed by atoms with Gasteiger partial charge in [0.1, 0.15) is 11.6 Å². The third-order valence-corrected chi connectivity index (χ3v) is 4.93. The van der Waals surface area contributed by atoms with Crippen LogP contribution in [0.3, 0.4) is 0 Å². The molecule has 2 aromatic rings. The lowest BCUT2D eigenvalue weighted by Gasteiger charge is -2.13. The molecule has 0 aliphatic heterocycles. The molecule has 2 heterocycles. The Kier molecular flexibility index (Phi) is 4.73. The van der Waals surface area contributed by atoms with Crippen molar-refractivity contribution in [2.45, 2.75) is 33.2 Å². The molecule has 0 fully saturated rings. The second-order valence-electron chi connectivity index (χ2n) is 4.90. The van der Waals surface area contributed by atoms with E-state index in [1.807, 2.05) is 13.0 Å². The highest BCUT2D eigenvalue weighted by Gasteiger charge is 2.23. The van der Waals surface area contributed by atoms with Gasteiger partial charge in [0.2, 0.25) is 5.82 Å². The van der Waals surface area contributed by atoms with Crippen LogP contribution in [-0.2, 0) is 6.42 Å². The van der Waals surface area contributed by atoms with E-state index >= 15 is 0 Å². The van der Waals surface area contributed by atoms with E-state index in [9.17, 15) is 10.1 Å². The Labute approximate surface area is 132 Å². The second kappa shape index (κ2) is 6.54. The molecule has 22 heavy (non-hydrogen) atoms. The van der Waals surface area contributed by atoms with E-state index in [1.54, 1.807) is 11.3 Å². The van der Waals surface area contributed by atoms with Crippen LogP contribution in [0.5, 0.6) is 0 Å². The topological polar surface area (TPSA) is 91.8 Å². The van der Waals surface area contributed by atoms with E-state index in [-0.39, 0.29) is 23.1 Å². The highest BCUT2D eigenvalue weighted by Crippen LogP contribution is 2.32. The molecule has 114 valence electrons. The van der Waals surface area contributed by atoms with Crippen molar-refractivity contribution in [3.05, 3.63) is 49.3 Å². The number of nitriles is 1. The Morgan fingerprint density at radius 3 is 2.86 bits per heavy atom. The number of nitrogens with zero attached hydrogens (tertiary/aromatic N) is 3. The standard InChI is InChI=1S/C15H16N4O2S/c1-4-12-9(2)7-13(22-12)10(3)18-15-14(19(20)21)11(8-16)5-6-17-15/h5-7,10H,4H2,1-3H3,(H,17,18). The van der Waals surface area contributed by atoms with Crippen LogP contribution in [0.2, 0.25) is 0 Å². The molecule has 7 heteroatoms. The quantitative estimate of drug-likeness (QED) is 0.665. The van der Waals surface area contributed by atoms with Crippen molar-refractivity contribution in [3.8, 4) is 6.07 Å². The van der Waals surface area contributed by atoms with Crippen molar-refractivity contribution in [3.63, 3.8) is 0 Å². The predicted octanol–water partition coefficient (Wildman–Crippen LogP) is 3.97. The third-order valence-electron chi connectivity index (χ3n) is 3.37. The molecule has 0 amide bonds. The van der Waals surface area contributed by atoms with Gasteiger partial charge in [-0.3, -0.25) is 10.1 Å². The molecule has 0 bridgehead atoms. The van der Waals surface area contributed by atoms with Gasteiger partial charge in [-0.1, -0.05) is 6.92 Å². The number of thiophene rings is 1. The van der Waals surface area contributed by atoms with Crippen LogP contribution < -0.4 is 5.32 Å². The van der Waals surface area contributed by atoms with Crippen LogP contribution in [0.15, 0.2) is 18.3 Å². The molecule has 0 aliphatic rings. The van der Waals surface area contributed by atoms with Crippen LogP contribution in [0.25, 0.3) is 0 Å². The number of aromatic nitrogens is 1. The molecule has 0 spiro atoms. The predicted molar refractivity (Wildman–Crippen MR) is 86.1 cm³/mol. The summed E-state index contributed by atoms with van der Waals surface area (Å²) in [5, 5.41) is 23.3. The first kappa shape index (κ1) is 15.9. The zero-order valence-electron chi connectivity index (χ0n) is 12.6. The lowest BCUT2D eigenvalue weighted by Crippen LogP contribution is -2.09. The minimum Gasteiger partial charge on any atom is -0.357 e. The minimum absolute atomic E-state index is 0.00584. The van der Waals surface area contributed by atoms with E-state index in [0.717, 1.165) is 11.3 Å². The molecule has 2 rings (SSSR count). The summed E-state index contributed by atoms with van der Waals surface area (Å²) >= 11 is 1.69. The third kappa shape index (κ3) is 3.07. The summed E-state index contributed by atoms with van der Waals surface area (Å²) in [7, 11) is 0. The molecule has 0 aliphatic carbocycles. The van der Waals surface area contributed by atoms with Crippen LogP contribution in [0.4, 0.5) is 11.5 Å². The van der Waals surface area contributed by atoms with Crippen molar-refractivity contribution in [2.24, 2.45) is 0 Å². The molecule has 1 atom stereocenters. The van der Waals surface area contributed by atoms with Crippen molar-refractivity contribution in [1.82, 2.24) is 4.98 Å². The van der Waals surface area contributed by atoms with Crippen molar-refractivity contribution in [2.75, 3.05) is 5.32 Å². The second-order valence-corrected chi connectivity index (χ2v) is 6.07. The lowest BCUT2D eigenvalue weighted by molar-refractivity contribution is -0.384. The van der Waals surface area contributed by atoms with Gasteiger partial charge in [0, 0.05) is 16.0 Å². The van der Waals surface area contributed by atoms with Gasteiger partial charge >= 0.3 is 5.69 Å². The van der Waals surface area contributed by atoms with Gasteiger partial charge in [-0.15, -0.1) is 11.3 Å². The van der Waals surface area contributed by atoms with Crippen molar-refractivity contribution in [1.29, 1.82) is 5.26 Å². The lowest BCUT2D eigenvalue weighted by atomic mass is 10.2. The normalized spacial score (nSPS) is 11.7. The summed E-state index contributed by atoms with van der Waals surface area (Å²) in [6.07, 6.45) is 2.36. The zero-order valence-corrected chi connectivity index (χ0v) is 13.4.